The highest BCUT2D eigenvalue weighted by Gasteiger charge is 2.38. The van der Waals surface area contributed by atoms with E-state index in [1.54, 1.807) is 6.07 Å². The molecule has 1 fully saturated rings. The average Bonchev–Trinajstić information content (AvgIpc) is 2.99. The fourth-order valence-electron chi connectivity index (χ4n) is 5.05. The number of imide groups is 1. The predicted octanol–water partition coefficient (Wildman–Crippen LogP) is 6.87. The molecule has 4 nitrogen and oxygen atoms in total. The van der Waals surface area contributed by atoms with E-state index in [4.69, 9.17) is 0 Å². The van der Waals surface area contributed by atoms with E-state index >= 15 is 4.39 Å². The second-order valence-corrected chi connectivity index (χ2v) is 10.8. The van der Waals surface area contributed by atoms with Crippen molar-refractivity contribution in [2.24, 2.45) is 0 Å². The number of hydrogen-bond donors (Lipinski definition) is 0. The summed E-state index contributed by atoms with van der Waals surface area (Å²) >= 11 is 0.877. The Kier molecular flexibility index (Phi) is 6.41. The molecule has 0 bridgehead atoms. The third-order valence-corrected chi connectivity index (χ3v) is 7.44. The lowest BCUT2D eigenvalue weighted by atomic mass is 9.79. The molecular weight excluding hydrogens is 435 g/mol. The van der Waals surface area contributed by atoms with E-state index in [-0.39, 0.29) is 39.9 Å². The molecule has 1 unspecified atom stereocenters. The van der Waals surface area contributed by atoms with Gasteiger partial charge in [0, 0.05) is 23.3 Å². The Bertz CT molecular complexity index is 1140. The zero-order valence-electron chi connectivity index (χ0n) is 19.9. The Morgan fingerprint density at radius 3 is 2.67 bits per heavy atom. The van der Waals surface area contributed by atoms with Gasteiger partial charge in [-0.2, -0.15) is 0 Å². The molecule has 1 atom stereocenters. The van der Waals surface area contributed by atoms with Crippen LogP contribution >= 0.6 is 11.8 Å². The van der Waals surface area contributed by atoms with E-state index in [0.29, 0.717) is 5.56 Å². The highest BCUT2D eigenvalue weighted by Crippen LogP contribution is 2.45. The molecule has 33 heavy (non-hydrogen) atoms. The van der Waals surface area contributed by atoms with Gasteiger partial charge in [0.25, 0.3) is 11.1 Å². The Morgan fingerprint density at radius 2 is 1.97 bits per heavy atom. The van der Waals surface area contributed by atoms with Gasteiger partial charge in [-0.1, -0.05) is 43.7 Å². The van der Waals surface area contributed by atoms with Crippen LogP contribution in [0.25, 0.3) is 6.08 Å². The number of nitrogens with zero attached hydrogens (tertiary/aromatic N) is 2. The topological polar surface area (TPSA) is 40.6 Å². The number of hydrogen-bond acceptors (Lipinski definition) is 4. The number of amides is 2. The molecule has 174 valence electrons. The summed E-state index contributed by atoms with van der Waals surface area (Å²) in [5.74, 6) is -0.470. The SMILES string of the molecule is CCCN1c2cc(F)c(/C=C3/SC(=O)N(Cc4cccc(C)c4)C3=O)cc2C(C)CC1(C)C. The highest BCUT2D eigenvalue weighted by molar-refractivity contribution is 8.18. The van der Waals surface area contributed by atoms with Crippen LogP contribution in [0.4, 0.5) is 14.9 Å². The second-order valence-electron chi connectivity index (χ2n) is 9.76. The van der Waals surface area contributed by atoms with Crippen molar-refractivity contribution in [3.05, 3.63) is 69.4 Å². The number of fused-ring (bicyclic) bond motifs is 1. The number of rotatable bonds is 5. The van der Waals surface area contributed by atoms with Crippen LogP contribution in [0, 0.1) is 12.7 Å². The molecule has 2 aliphatic rings. The summed E-state index contributed by atoms with van der Waals surface area (Å²) in [4.78, 5) is 29.3. The lowest BCUT2D eigenvalue weighted by Gasteiger charge is -2.47. The Balaban J connectivity index is 1.65. The monoisotopic (exact) mass is 466 g/mol. The molecule has 0 spiro atoms. The molecule has 2 heterocycles. The third kappa shape index (κ3) is 4.58. The van der Waals surface area contributed by atoms with Crippen molar-refractivity contribution in [2.45, 2.75) is 65.5 Å². The van der Waals surface area contributed by atoms with Gasteiger partial charge in [-0.15, -0.1) is 0 Å². The number of halogens is 1. The zero-order chi connectivity index (χ0) is 23.9. The predicted molar refractivity (Wildman–Crippen MR) is 134 cm³/mol. The van der Waals surface area contributed by atoms with Gasteiger partial charge in [-0.05, 0) is 80.6 Å². The second kappa shape index (κ2) is 8.98. The summed E-state index contributed by atoms with van der Waals surface area (Å²) in [6.07, 6.45) is 3.49. The number of anilines is 1. The maximum absolute atomic E-state index is 15.2. The maximum atomic E-state index is 15.2. The van der Waals surface area contributed by atoms with Crippen LogP contribution in [0.15, 0.2) is 41.3 Å². The summed E-state index contributed by atoms with van der Waals surface area (Å²) < 4.78 is 15.2. The van der Waals surface area contributed by atoms with Crippen LogP contribution in [0.1, 0.15) is 68.7 Å². The molecule has 0 radical (unpaired) electrons. The smallest absolute Gasteiger partial charge is 0.293 e. The Labute approximate surface area is 199 Å². The third-order valence-electron chi connectivity index (χ3n) is 6.53. The number of benzene rings is 2. The van der Waals surface area contributed by atoms with Crippen molar-refractivity contribution in [2.75, 3.05) is 11.4 Å². The van der Waals surface area contributed by atoms with Gasteiger partial charge >= 0.3 is 0 Å². The van der Waals surface area contributed by atoms with E-state index in [1.807, 2.05) is 37.3 Å². The van der Waals surface area contributed by atoms with Gasteiger partial charge < -0.3 is 4.90 Å². The number of thioether (sulfide) groups is 1. The molecule has 4 rings (SSSR count). The van der Waals surface area contributed by atoms with Crippen molar-refractivity contribution in [1.29, 1.82) is 0 Å². The molecule has 0 N–H and O–H groups in total. The molecule has 2 aromatic carbocycles. The minimum Gasteiger partial charge on any atom is -0.366 e. The van der Waals surface area contributed by atoms with Crippen LogP contribution < -0.4 is 4.90 Å². The molecule has 0 aliphatic carbocycles. The largest absolute Gasteiger partial charge is 0.366 e. The van der Waals surface area contributed by atoms with E-state index < -0.39 is 0 Å². The van der Waals surface area contributed by atoms with Crippen molar-refractivity contribution in [3.8, 4) is 0 Å². The van der Waals surface area contributed by atoms with Crippen molar-refractivity contribution < 1.29 is 14.0 Å². The molecule has 0 aromatic heterocycles. The highest BCUT2D eigenvalue weighted by atomic mass is 32.2. The van der Waals surface area contributed by atoms with E-state index in [9.17, 15) is 9.59 Å². The van der Waals surface area contributed by atoms with Crippen molar-refractivity contribution in [3.63, 3.8) is 0 Å². The van der Waals surface area contributed by atoms with Crippen LogP contribution in [0.5, 0.6) is 0 Å². The number of aryl methyl sites for hydroxylation is 1. The Hall–Kier alpha value is -2.60. The van der Waals surface area contributed by atoms with Crippen LogP contribution in [-0.2, 0) is 11.3 Å². The molecule has 2 aromatic rings. The van der Waals surface area contributed by atoms with E-state index in [2.05, 4.69) is 32.6 Å². The quantitative estimate of drug-likeness (QED) is 0.451. The van der Waals surface area contributed by atoms with E-state index in [0.717, 1.165) is 53.5 Å². The summed E-state index contributed by atoms with van der Waals surface area (Å²) in [5.41, 5.74) is 4.30. The lowest BCUT2D eigenvalue weighted by molar-refractivity contribution is -0.123. The van der Waals surface area contributed by atoms with Gasteiger partial charge in [0.15, 0.2) is 0 Å². The summed E-state index contributed by atoms with van der Waals surface area (Å²) in [7, 11) is 0. The number of carbonyl (C=O) groups excluding carboxylic acids is 2. The minimum absolute atomic E-state index is 0.0468. The van der Waals surface area contributed by atoms with Crippen LogP contribution in [0.2, 0.25) is 0 Å². The van der Waals surface area contributed by atoms with Gasteiger partial charge in [0.1, 0.15) is 5.82 Å². The van der Waals surface area contributed by atoms with Crippen LogP contribution in [0.3, 0.4) is 0 Å². The van der Waals surface area contributed by atoms with Gasteiger partial charge in [0.05, 0.1) is 11.4 Å². The first-order valence-electron chi connectivity index (χ1n) is 11.5. The maximum Gasteiger partial charge on any atom is 0.293 e. The average molecular weight is 467 g/mol. The van der Waals surface area contributed by atoms with Crippen molar-refractivity contribution >= 4 is 34.7 Å². The standard InChI is InChI=1S/C27H31FN2O2S/c1-6-10-30-23-14-22(28)20(12-21(23)18(3)15-27(30,4)5)13-24-25(31)29(26(32)33-24)16-19-9-7-8-17(2)11-19/h7-9,11-14,18H,6,10,15-16H2,1-5H3/b24-13+. The summed E-state index contributed by atoms with van der Waals surface area (Å²) in [5, 5.41) is -0.324. The number of carbonyl (C=O) groups is 2. The molecule has 0 saturated carbocycles. The fourth-order valence-corrected chi connectivity index (χ4v) is 5.88. The zero-order valence-corrected chi connectivity index (χ0v) is 20.8. The van der Waals surface area contributed by atoms with E-state index in [1.165, 1.54) is 11.0 Å². The Morgan fingerprint density at radius 1 is 1.21 bits per heavy atom. The molecular formula is C27H31FN2O2S. The lowest BCUT2D eigenvalue weighted by Crippen LogP contribution is -2.48. The first-order chi connectivity index (χ1) is 15.6. The summed E-state index contributed by atoms with van der Waals surface area (Å²) in [6, 6.07) is 11.2. The fraction of sp³-hybridized carbons (Fsp3) is 0.407. The minimum atomic E-state index is -0.370. The molecule has 2 amide bonds. The van der Waals surface area contributed by atoms with Gasteiger partial charge in [-0.25, -0.2) is 4.39 Å². The molecule has 2 aliphatic heterocycles. The van der Waals surface area contributed by atoms with Gasteiger partial charge in [-0.3, -0.25) is 14.5 Å². The molecule has 1 saturated heterocycles. The normalized spacial score (nSPS) is 21.2. The van der Waals surface area contributed by atoms with Gasteiger partial charge in [0.2, 0.25) is 0 Å². The first-order valence-corrected chi connectivity index (χ1v) is 12.3. The first kappa shape index (κ1) is 23.6. The van der Waals surface area contributed by atoms with Crippen molar-refractivity contribution in [1.82, 2.24) is 4.90 Å². The molecule has 6 heteroatoms. The van der Waals surface area contributed by atoms with Crippen LogP contribution in [-0.4, -0.2) is 28.1 Å². The summed E-state index contributed by atoms with van der Waals surface area (Å²) in [6.45, 7) is 11.8.